The van der Waals surface area contributed by atoms with Crippen LogP contribution in [0, 0.1) is 11.6 Å². The Hall–Kier alpha value is -0.680. The molecule has 6 heteroatoms. The van der Waals surface area contributed by atoms with Crippen LogP contribution < -0.4 is 5.32 Å². The quantitative estimate of drug-likeness (QED) is 0.841. The van der Waals surface area contributed by atoms with Crippen LogP contribution in [-0.4, -0.2) is 31.1 Å². The number of hydrogen-bond acceptors (Lipinski definition) is 2. The van der Waals surface area contributed by atoms with Gasteiger partial charge in [0.15, 0.2) is 11.6 Å². The number of nitrogens with zero attached hydrogens (tertiary/aromatic N) is 1. The molecule has 0 amide bonds. The topological polar surface area (TPSA) is 15.3 Å². The van der Waals surface area contributed by atoms with Crippen molar-refractivity contribution in [3.05, 3.63) is 47.5 Å². The second-order valence-corrected chi connectivity index (χ2v) is 5.14. The largest absolute Gasteiger partial charge is 0.314 e. The van der Waals surface area contributed by atoms with Crippen LogP contribution in [0.1, 0.15) is 24.9 Å². The van der Waals surface area contributed by atoms with Crippen molar-refractivity contribution >= 4 is 24.8 Å². The molecule has 1 N–H and O–H groups in total. The zero-order valence-corrected chi connectivity index (χ0v) is 13.7. The number of piperazine rings is 1. The minimum Gasteiger partial charge on any atom is -0.314 e. The maximum absolute atomic E-state index is 13.4. The molecule has 2 rings (SSSR count). The Kier molecular flexibility index (Phi) is 9.06. The van der Waals surface area contributed by atoms with E-state index in [0.29, 0.717) is 0 Å². The lowest BCUT2D eigenvalue weighted by Gasteiger charge is -2.35. The van der Waals surface area contributed by atoms with Gasteiger partial charge in [-0.15, -0.1) is 31.4 Å². The van der Waals surface area contributed by atoms with Crippen LogP contribution >= 0.6 is 24.8 Å². The van der Waals surface area contributed by atoms with Crippen molar-refractivity contribution < 1.29 is 8.78 Å². The molecule has 0 unspecified atom stereocenters. The average molecular weight is 339 g/mol. The Morgan fingerprint density at radius 2 is 1.86 bits per heavy atom. The predicted octanol–water partition coefficient (Wildman–Crippen LogP) is 3.72. The number of hydrogen-bond donors (Lipinski definition) is 1. The molecular formula is C15H22Cl2F2N2. The van der Waals surface area contributed by atoms with Gasteiger partial charge in [-0.1, -0.05) is 11.6 Å². The van der Waals surface area contributed by atoms with Crippen molar-refractivity contribution in [2.45, 2.75) is 19.4 Å². The molecule has 0 aliphatic carbocycles. The van der Waals surface area contributed by atoms with Crippen molar-refractivity contribution in [1.29, 1.82) is 0 Å². The van der Waals surface area contributed by atoms with Crippen molar-refractivity contribution in [1.82, 2.24) is 10.2 Å². The van der Waals surface area contributed by atoms with E-state index in [1.165, 1.54) is 12.1 Å². The summed E-state index contributed by atoms with van der Waals surface area (Å²) in [7, 11) is 0. The van der Waals surface area contributed by atoms with Crippen LogP contribution in [0.25, 0.3) is 0 Å². The highest BCUT2D eigenvalue weighted by molar-refractivity contribution is 5.85. The molecule has 0 saturated carbocycles. The fourth-order valence-electron chi connectivity index (χ4n) is 2.50. The molecule has 1 aliphatic heterocycles. The van der Waals surface area contributed by atoms with Crippen molar-refractivity contribution in [2.24, 2.45) is 0 Å². The molecular weight excluding hydrogens is 317 g/mol. The second kappa shape index (κ2) is 9.36. The summed E-state index contributed by atoms with van der Waals surface area (Å²) in [6.45, 7) is 9.59. The van der Waals surface area contributed by atoms with E-state index in [0.717, 1.165) is 43.7 Å². The predicted molar refractivity (Wildman–Crippen MR) is 87.5 cm³/mol. The van der Waals surface area contributed by atoms with Gasteiger partial charge in [-0.3, -0.25) is 4.90 Å². The summed E-state index contributed by atoms with van der Waals surface area (Å²) in [5.41, 5.74) is 1.87. The third kappa shape index (κ3) is 5.55. The summed E-state index contributed by atoms with van der Waals surface area (Å²) in [5, 5.41) is 3.30. The zero-order chi connectivity index (χ0) is 13.8. The molecule has 1 saturated heterocycles. The molecule has 2 nitrogen and oxygen atoms in total. The van der Waals surface area contributed by atoms with Gasteiger partial charge >= 0.3 is 0 Å². The zero-order valence-electron chi connectivity index (χ0n) is 12.1. The van der Waals surface area contributed by atoms with Crippen molar-refractivity contribution in [3.63, 3.8) is 0 Å². The Balaban J connectivity index is 0.00000200. The first kappa shape index (κ1) is 20.3. The van der Waals surface area contributed by atoms with Gasteiger partial charge in [0.25, 0.3) is 0 Å². The van der Waals surface area contributed by atoms with Gasteiger partial charge in [0.1, 0.15) is 0 Å². The first-order valence-corrected chi connectivity index (χ1v) is 6.62. The lowest BCUT2D eigenvalue weighted by atomic mass is 9.98. The van der Waals surface area contributed by atoms with Gasteiger partial charge in [0, 0.05) is 32.2 Å². The van der Waals surface area contributed by atoms with Gasteiger partial charge in [-0.2, -0.15) is 0 Å². The van der Waals surface area contributed by atoms with Gasteiger partial charge < -0.3 is 5.32 Å². The van der Waals surface area contributed by atoms with Crippen LogP contribution in [0.3, 0.4) is 0 Å². The summed E-state index contributed by atoms with van der Waals surface area (Å²) in [4.78, 5) is 2.30. The van der Waals surface area contributed by atoms with Gasteiger partial charge in [-0.05, 0) is 31.0 Å². The summed E-state index contributed by atoms with van der Waals surface area (Å²) < 4.78 is 26.5. The molecule has 0 bridgehead atoms. The van der Waals surface area contributed by atoms with Gasteiger partial charge in [0.2, 0.25) is 0 Å². The summed E-state index contributed by atoms with van der Waals surface area (Å²) >= 11 is 0. The number of rotatable bonds is 4. The molecule has 0 radical (unpaired) electrons. The maximum Gasteiger partial charge on any atom is 0.159 e. The third-order valence-electron chi connectivity index (χ3n) is 3.46. The van der Waals surface area contributed by atoms with Gasteiger partial charge in [0.05, 0.1) is 0 Å². The van der Waals surface area contributed by atoms with Crippen molar-refractivity contribution in [3.8, 4) is 0 Å². The second-order valence-electron chi connectivity index (χ2n) is 5.14. The summed E-state index contributed by atoms with van der Waals surface area (Å²) in [5.74, 6) is -1.57. The molecule has 21 heavy (non-hydrogen) atoms. The lowest BCUT2D eigenvalue weighted by Crippen LogP contribution is -2.45. The van der Waals surface area contributed by atoms with E-state index in [2.05, 4.69) is 16.8 Å². The monoisotopic (exact) mass is 338 g/mol. The highest BCUT2D eigenvalue weighted by Gasteiger charge is 2.23. The number of nitrogens with one attached hydrogen (secondary N) is 1. The Morgan fingerprint density at radius 3 is 2.38 bits per heavy atom. The normalized spacial score (nSPS) is 16.5. The molecule has 1 atom stereocenters. The fourth-order valence-corrected chi connectivity index (χ4v) is 2.50. The molecule has 0 spiro atoms. The van der Waals surface area contributed by atoms with Crippen LogP contribution in [0.15, 0.2) is 30.4 Å². The number of benzene rings is 1. The molecule has 1 aliphatic rings. The van der Waals surface area contributed by atoms with E-state index in [4.69, 9.17) is 0 Å². The minimum atomic E-state index is -0.793. The van der Waals surface area contributed by atoms with E-state index in [1.807, 2.05) is 6.92 Å². The maximum atomic E-state index is 13.4. The molecule has 0 aromatic heterocycles. The standard InChI is InChI=1S/C15H20F2N2.2ClH/c1-11(2)9-15(19-7-5-18-6-8-19)12-3-4-13(16)14(17)10-12;;/h3-4,10,15,18H,1,5-9H2,2H3;2*1H/t15-;;/m0../s1. The molecule has 1 fully saturated rings. The minimum absolute atomic E-state index is 0. The van der Waals surface area contributed by atoms with Crippen LogP contribution in [0.5, 0.6) is 0 Å². The number of halogens is 4. The van der Waals surface area contributed by atoms with E-state index < -0.39 is 11.6 Å². The summed E-state index contributed by atoms with van der Waals surface area (Å²) in [6, 6.07) is 4.27. The Bertz CT molecular complexity index is 463. The van der Waals surface area contributed by atoms with Crippen LogP contribution in [0.2, 0.25) is 0 Å². The first-order chi connectivity index (χ1) is 9.08. The van der Waals surface area contributed by atoms with Crippen molar-refractivity contribution in [2.75, 3.05) is 26.2 Å². The van der Waals surface area contributed by atoms with Crippen LogP contribution in [0.4, 0.5) is 8.78 Å². The lowest BCUT2D eigenvalue weighted by molar-refractivity contribution is 0.172. The van der Waals surface area contributed by atoms with E-state index in [9.17, 15) is 8.78 Å². The fraction of sp³-hybridized carbons (Fsp3) is 0.467. The van der Waals surface area contributed by atoms with E-state index in [-0.39, 0.29) is 30.9 Å². The Morgan fingerprint density at radius 1 is 1.24 bits per heavy atom. The molecule has 1 aromatic carbocycles. The Labute approximate surface area is 137 Å². The molecule has 1 heterocycles. The third-order valence-corrected chi connectivity index (χ3v) is 3.46. The SMILES string of the molecule is C=C(C)C[C@@H](c1ccc(F)c(F)c1)N1CCNCC1.Cl.Cl. The smallest absolute Gasteiger partial charge is 0.159 e. The van der Waals surface area contributed by atoms with E-state index >= 15 is 0 Å². The highest BCUT2D eigenvalue weighted by atomic mass is 35.5. The van der Waals surface area contributed by atoms with Crippen LogP contribution in [-0.2, 0) is 0 Å². The average Bonchev–Trinajstić information content (AvgIpc) is 2.40. The van der Waals surface area contributed by atoms with Gasteiger partial charge in [-0.25, -0.2) is 8.78 Å². The van der Waals surface area contributed by atoms with E-state index in [1.54, 1.807) is 6.07 Å². The highest BCUT2D eigenvalue weighted by Crippen LogP contribution is 2.28. The molecule has 1 aromatic rings. The first-order valence-electron chi connectivity index (χ1n) is 6.62. The molecule has 120 valence electrons. The summed E-state index contributed by atoms with van der Waals surface area (Å²) in [6.07, 6.45) is 0.769.